The predicted molar refractivity (Wildman–Crippen MR) is 76.6 cm³/mol. The summed E-state index contributed by atoms with van der Waals surface area (Å²) in [5.41, 5.74) is -0.168. The zero-order valence-corrected chi connectivity index (χ0v) is 13.2. The monoisotopic (exact) mass is 345 g/mol. The van der Waals surface area contributed by atoms with E-state index in [-0.39, 0.29) is 16.9 Å². The number of carboxylic acid groups (broad SMARTS) is 1. The summed E-state index contributed by atoms with van der Waals surface area (Å²) in [5, 5.41) is 8.92. The Balaban J connectivity index is 3.04. The molecule has 0 unspecified atom stereocenters. The number of hydrogen-bond acceptors (Lipinski definition) is 2. The number of carbonyl (C=O) groups excluding carboxylic acids is 1. The Kier molecular flexibility index (Phi) is 5.28. The molecule has 4 nitrogen and oxygen atoms in total. The van der Waals surface area contributed by atoms with Crippen molar-refractivity contribution in [2.45, 2.75) is 27.3 Å². The number of hydrogen-bond donors (Lipinski definition) is 1. The van der Waals surface area contributed by atoms with Gasteiger partial charge in [-0.05, 0) is 27.6 Å². The summed E-state index contributed by atoms with van der Waals surface area (Å²) in [7, 11) is 0. The van der Waals surface area contributed by atoms with E-state index in [0.717, 1.165) is 0 Å². The highest BCUT2D eigenvalue weighted by Gasteiger charge is 2.29. The summed E-state index contributed by atoms with van der Waals surface area (Å²) in [4.78, 5) is 24.4. The van der Waals surface area contributed by atoms with E-state index in [9.17, 15) is 14.0 Å². The molecule has 0 atom stereocenters. The molecule has 110 valence electrons. The van der Waals surface area contributed by atoms with Crippen LogP contribution in [0.1, 0.15) is 26.3 Å². The standard InChI is InChI=1S/C14H17BrFNO3/c1-14(2,3)13(20)17(8-11(18)19)7-9-5-4-6-10(16)12(9)15/h4-6H,7-8H2,1-3H3,(H,18,19). The maximum atomic E-state index is 13.5. The van der Waals surface area contributed by atoms with Crippen LogP contribution < -0.4 is 0 Å². The van der Waals surface area contributed by atoms with Gasteiger partial charge in [0.05, 0.1) is 4.47 Å². The van der Waals surface area contributed by atoms with Gasteiger partial charge in [0.2, 0.25) is 5.91 Å². The Morgan fingerprint density at radius 2 is 1.95 bits per heavy atom. The lowest BCUT2D eigenvalue weighted by Gasteiger charge is -2.28. The molecule has 0 bridgehead atoms. The Morgan fingerprint density at radius 1 is 1.35 bits per heavy atom. The van der Waals surface area contributed by atoms with Gasteiger partial charge in [0.15, 0.2) is 0 Å². The highest BCUT2D eigenvalue weighted by molar-refractivity contribution is 9.10. The molecule has 0 aliphatic heterocycles. The highest BCUT2D eigenvalue weighted by Crippen LogP contribution is 2.24. The fourth-order valence-electron chi connectivity index (χ4n) is 1.71. The summed E-state index contributed by atoms with van der Waals surface area (Å²) in [6, 6.07) is 4.47. The zero-order chi connectivity index (χ0) is 15.5. The molecule has 0 saturated carbocycles. The third-order valence-corrected chi connectivity index (χ3v) is 3.54. The van der Waals surface area contributed by atoms with Crippen molar-refractivity contribution in [3.63, 3.8) is 0 Å². The van der Waals surface area contributed by atoms with E-state index in [1.807, 2.05) is 0 Å². The minimum atomic E-state index is -1.10. The lowest BCUT2D eigenvalue weighted by Crippen LogP contribution is -2.42. The molecule has 1 rings (SSSR count). The summed E-state index contributed by atoms with van der Waals surface area (Å²) in [6.45, 7) is 4.76. The molecular formula is C14H17BrFNO3. The molecular weight excluding hydrogens is 329 g/mol. The SMILES string of the molecule is CC(C)(C)C(=O)N(CC(=O)O)Cc1cccc(F)c1Br. The number of nitrogens with zero attached hydrogens (tertiary/aromatic N) is 1. The summed E-state index contributed by atoms with van der Waals surface area (Å²) in [5.74, 6) is -1.84. The molecule has 0 heterocycles. The lowest BCUT2D eigenvalue weighted by molar-refractivity contribution is -0.148. The average Bonchev–Trinajstić information content (AvgIpc) is 2.31. The summed E-state index contributed by atoms with van der Waals surface area (Å²) >= 11 is 3.11. The van der Waals surface area contributed by atoms with Crippen LogP contribution >= 0.6 is 15.9 Å². The van der Waals surface area contributed by atoms with E-state index in [0.29, 0.717) is 5.56 Å². The maximum Gasteiger partial charge on any atom is 0.323 e. The van der Waals surface area contributed by atoms with Crippen LogP contribution in [0.4, 0.5) is 4.39 Å². The van der Waals surface area contributed by atoms with Crippen molar-refractivity contribution < 1.29 is 19.1 Å². The van der Waals surface area contributed by atoms with E-state index in [4.69, 9.17) is 5.11 Å². The van der Waals surface area contributed by atoms with Crippen LogP contribution in [0.3, 0.4) is 0 Å². The van der Waals surface area contributed by atoms with E-state index in [2.05, 4.69) is 15.9 Å². The van der Waals surface area contributed by atoms with E-state index in [1.165, 1.54) is 17.0 Å². The highest BCUT2D eigenvalue weighted by atomic mass is 79.9. The first-order valence-electron chi connectivity index (χ1n) is 6.07. The molecule has 6 heteroatoms. The average molecular weight is 346 g/mol. The first kappa shape index (κ1) is 16.6. The fraction of sp³-hybridized carbons (Fsp3) is 0.429. The Bertz CT molecular complexity index is 526. The van der Waals surface area contributed by atoms with E-state index < -0.39 is 23.7 Å². The van der Waals surface area contributed by atoms with E-state index >= 15 is 0 Å². The first-order valence-corrected chi connectivity index (χ1v) is 6.86. The van der Waals surface area contributed by atoms with Gasteiger partial charge in [-0.3, -0.25) is 9.59 Å². The topological polar surface area (TPSA) is 57.6 Å². The van der Waals surface area contributed by atoms with Crippen LogP contribution in [0.25, 0.3) is 0 Å². The Labute approximate surface area is 125 Å². The maximum absolute atomic E-state index is 13.5. The van der Waals surface area contributed by atoms with Crippen molar-refractivity contribution >= 4 is 27.8 Å². The lowest BCUT2D eigenvalue weighted by atomic mass is 9.94. The number of carbonyl (C=O) groups is 2. The van der Waals surface area contributed by atoms with Gasteiger partial charge in [0, 0.05) is 12.0 Å². The van der Waals surface area contributed by atoms with Crippen molar-refractivity contribution in [2.75, 3.05) is 6.54 Å². The van der Waals surface area contributed by atoms with Crippen molar-refractivity contribution in [1.29, 1.82) is 0 Å². The summed E-state index contributed by atoms with van der Waals surface area (Å²) < 4.78 is 13.7. The first-order chi connectivity index (χ1) is 9.12. The van der Waals surface area contributed by atoms with Crippen LogP contribution in [0.15, 0.2) is 22.7 Å². The largest absolute Gasteiger partial charge is 0.480 e. The second-order valence-corrected chi connectivity index (χ2v) is 6.31. The molecule has 0 spiro atoms. The third-order valence-electron chi connectivity index (χ3n) is 2.65. The van der Waals surface area contributed by atoms with Gasteiger partial charge < -0.3 is 10.0 Å². The van der Waals surface area contributed by atoms with Crippen LogP contribution in [0.5, 0.6) is 0 Å². The number of amides is 1. The van der Waals surface area contributed by atoms with Crippen molar-refractivity contribution in [3.8, 4) is 0 Å². The minimum Gasteiger partial charge on any atom is -0.480 e. The van der Waals surface area contributed by atoms with Crippen molar-refractivity contribution in [2.24, 2.45) is 5.41 Å². The molecule has 20 heavy (non-hydrogen) atoms. The van der Waals surface area contributed by atoms with Crippen molar-refractivity contribution in [1.82, 2.24) is 4.90 Å². The van der Waals surface area contributed by atoms with Crippen molar-refractivity contribution in [3.05, 3.63) is 34.1 Å². The van der Waals surface area contributed by atoms with Gasteiger partial charge in [-0.15, -0.1) is 0 Å². The Morgan fingerprint density at radius 3 is 2.45 bits per heavy atom. The molecule has 0 aromatic heterocycles. The number of benzene rings is 1. The normalized spacial score (nSPS) is 11.2. The van der Waals surface area contributed by atoms with Crippen LogP contribution in [-0.2, 0) is 16.1 Å². The molecule has 1 amide bonds. The quantitative estimate of drug-likeness (QED) is 0.912. The fourth-order valence-corrected chi connectivity index (χ4v) is 2.10. The zero-order valence-electron chi connectivity index (χ0n) is 11.6. The van der Waals surface area contributed by atoms with Gasteiger partial charge in [-0.2, -0.15) is 0 Å². The van der Waals surface area contributed by atoms with Gasteiger partial charge in [-0.1, -0.05) is 32.9 Å². The smallest absolute Gasteiger partial charge is 0.323 e. The molecule has 0 saturated heterocycles. The van der Waals surface area contributed by atoms with Crippen LogP contribution in [0, 0.1) is 11.2 Å². The molecule has 0 radical (unpaired) electrons. The predicted octanol–water partition coefficient (Wildman–Crippen LogP) is 3.05. The number of halogens is 2. The molecule has 1 aromatic rings. The molecule has 0 aliphatic rings. The van der Waals surface area contributed by atoms with Gasteiger partial charge in [-0.25, -0.2) is 4.39 Å². The molecule has 0 fully saturated rings. The second-order valence-electron chi connectivity index (χ2n) is 5.52. The number of carboxylic acids is 1. The minimum absolute atomic E-state index is 0.0424. The molecule has 1 N–H and O–H groups in total. The summed E-state index contributed by atoms with van der Waals surface area (Å²) in [6.07, 6.45) is 0. The number of rotatable bonds is 4. The van der Waals surface area contributed by atoms with Crippen LogP contribution in [-0.4, -0.2) is 28.4 Å². The van der Waals surface area contributed by atoms with Crippen LogP contribution in [0.2, 0.25) is 0 Å². The Hall–Kier alpha value is -1.43. The molecule has 0 aliphatic carbocycles. The van der Waals surface area contributed by atoms with Gasteiger partial charge >= 0.3 is 5.97 Å². The van der Waals surface area contributed by atoms with Gasteiger partial charge in [0.25, 0.3) is 0 Å². The third kappa shape index (κ3) is 4.30. The molecule has 1 aromatic carbocycles. The second kappa shape index (κ2) is 6.35. The van der Waals surface area contributed by atoms with Gasteiger partial charge in [0.1, 0.15) is 12.4 Å². The van der Waals surface area contributed by atoms with E-state index in [1.54, 1.807) is 26.8 Å². The number of aliphatic carboxylic acids is 1.